The topological polar surface area (TPSA) is 71.1 Å². The van der Waals surface area contributed by atoms with Gasteiger partial charge in [-0.15, -0.1) is 0 Å². The fraction of sp³-hybridized carbons (Fsp3) is 0.185. The van der Waals surface area contributed by atoms with E-state index in [-0.39, 0.29) is 12.2 Å². The number of benzene rings is 3. The van der Waals surface area contributed by atoms with E-state index in [4.69, 9.17) is 18.9 Å². The summed E-state index contributed by atoms with van der Waals surface area (Å²) in [5.41, 5.74) is 2.45. The molecule has 7 heteroatoms. The highest BCUT2D eigenvalue weighted by atomic mass is 19.1. The second-order valence-electron chi connectivity index (χ2n) is 7.50. The molecule has 3 rings (SSSR count). The van der Waals surface area contributed by atoms with Crippen LogP contribution >= 0.6 is 0 Å². The Kier molecular flexibility index (Phi) is 8.03. The van der Waals surface area contributed by atoms with E-state index in [9.17, 15) is 14.0 Å². The Morgan fingerprint density at radius 1 is 0.824 bits per heavy atom. The minimum absolute atomic E-state index is 0.0705. The van der Waals surface area contributed by atoms with Gasteiger partial charge in [0.1, 0.15) is 5.75 Å². The van der Waals surface area contributed by atoms with Gasteiger partial charge in [-0.1, -0.05) is 30.8 Å². The van der Waals surface area contributed by atoms with Crippen molar-refractivity contribution in [2.24, 2.45) is 0 Å². The van der Waals surface area contributed by atoms with E-state index >= 15 is 0 Å². The number of hydrogen-bond acceptors (Lipinski definition) is 6. The van der Waals surface area contributed by atoms with Crippen molar-refractivity contribution in [2.75, 3.05) is 14.2 Å². The second kappa shape index (κ2) is 11.1. The number of carbonyl (C=O) groups excluding carboxylic acids is 2. The normalized spacial score (nSPS) is 10.4. The molecule has 0 aliphatic heterocycles. The summed E-state index contributed by atoms with van der Waals surface area (Å²) in [5.74, 6) is -0.350. The van der Waals surface area contributed by atoms with Crippen molar-refractivity contribution in [2.45, 2.75) is 19.8 Å². The first-order valence-electron chi connectivity index (χ1n) is 10.5. The van der Waals surface area contributed by atoms with Gasteiger partial charge < -0.3 is 18.9 Å². The lowest BCUT2D eigenvalue weighted by Gasteiger charge is -2.10. The Hall–Kier alpha value is -4.13. The zero-order chi connectivity index (χ0) is 24.7. The van der Waals surface area contributed by atoms with E-state index in [1.165, 1.54) is 19.2 Å². The molecule has 0 fully saturated rings. The molecule has 0 amide bonds. The molecule has 0 saturated carbocycles. The lowest BCUT2D eigenvalue weighted by atomic mass is 10.1. The van der Waals surface area contributed by atoms with Crippen LogP contribution in [0.5, 0.6) is 23.0 Å². The lowest BCUT2D eigenvalue weighted by molar-refractivity contribution is -0.134. The van der Waals surface area contributed by atoms with Gasteiger partial charge in [0.15, 0.2) is 23.1 Å². The zero-order valence-corrected chi connectivity index (χ0v) is 19.2. The maximum Gasteiger partial charge on any atom is 0.338 e. The fourth-order valence-corrected chi connectivity index (χ4v) is 3.13. The minimum atomic E-state index is -0.658. The zero-order valence-electron chi connectivity index (χ0n) is 19.2. The van der Waals surface area contributed by atoms with Gasteiger partial charge in [0.2, 0.25) is 0 Å². The van der Waals surface area contributed by atoms with Crippen molar-refractivity contribution in [3.05, 3.63) is 84.2 Å². The third-order valence-electron chi connectivity index (χ3n) is 4.97. The SMILES string of the molecule is C=C(C)C(=O)Oc1ccc(-c2ccc(OC(=O)CCc3ccc(OC)c(OC)c3)c(F)c2)cc1. The average molecular weight is 464 g/mol. The van der Waals surface area contributed by atoms with Crippen molar-refractivity contribution in [1.82, 2.24) is 0 Å². The Balaban J connectivity index is 1.61. The van der Waals surface area contributed by atoms with Crippen LogP contribution in [0.15, 0.2) is 72.8 Å². The smallest absolute Gasteiger partial charge is 0.338 e. The molecule has 0 aromatic heterocycles. The Morgan fingerprint density at radius 2 is 1.47 bits per heavy atom. The molecule has 34 heavy (non-hydrogen) atoms. The van der Waals surface area contributed by atoms with Crippen molar-refractivity contribution in [3.8, 4) is 34.1 Å². The largest absolute Gasteiger partial charge is 0.493 e. The number of esters is 2. The maximum atomic E-state index is 14.6. The predicted octanol–water partition coefficient (Wildman–Crippen LogP) is 5.53. The molecule has 3 aromatic carbocycles. The van der Waals surface area contributed by atoms with Crippen LogP contribution in [-0.4, -0.2) is 26.2 Å². The molecular weight excluding hydrogens is 439 g/mol. The molecule has 0 bridgehead atoms. The van der Waals surface area contributed by atoms with Crippen LogP contribution in [0.4, 0.5) is 4.39 Å². The van der Waals surface area contributed by atoms with Crippen LogP contribution in [0.3, 0.4) is 0 Å². The Morgan fingerprint density at radius 3 is 2.09 bits per heavy atom. The highest BCUT2D eigenvalue weighted by Gasteiger charge is 2.13. The number of ether oxygens (including phenoxy) is 4. The number of hydrogen-bond donors (Lipinski definition) is 0. The van der Waals surface area contributed by atoms with Gasteiger partial charge in [0.25, 0.3) is 0 Å². The van der Waals surface area contributed by atoms with Crippen molar-refractivity contribution >= 4 is 11.9 Å². The number of halogens is 1. The lowest BCUT2D eigenvalue weighted by Crippen LogP contribution is -2.10. The van der Waals surface area contributed by atoms with Gasteiger partial charge in [-0.05, 0) is 66.4 Å². The minimum Gasteiger partial charge on any atom is -0.493 e. The second-order valence-corrected chi connectivity index (χ2v) is 7.50. The van der Waals surface area contributed by atoms with Gasteiger partial charge in [-0.25, -0.2) is 9.18 Å². The molecule has 3 aromatic rings. The highest BCUT2D eigenvalue weighted by Crippen LogP contribution is 2.29. The van der Waals surface area contributed by atoms with Gasteiger partial charge in [0.05, 0.1) is 14.2 Å². The van der Waals surface area contributed by atoms with Crippen LogP contribution in [-0.2, 0) is 16.0 Å². The summed E-state index contributed by atoms with van der Waals surface area (Å²) in [5, 5.41) is 0. The quantitative estimate of drug-likeness (QED) is 0.236. The first-order valence-corrected chi connectivity index (χ1v) is 10.5. The third kappa shape index (κ3) is 6.22. The molecule has 0 radical (unpaired) electrons. The summed E-state index contributed by atoms with van der Waals surface area (Å²) < 4.78 is 35.4. The summed E-state index contributed by atoms with van der Waals surface area (Å²) in [6, 6.07) is 16.3. The molecule has 0 heterocycles. The first-order chi connectivity index (χ1) is 16.3. The summed E-state index contributed by atoms with van der Waals surface area (Å²) in [6.07, 6.45) is 0.474. The number of methoxy groups -OCH3 is 2. The average Bonchev–Trinajstić information content (AvgIpc) is 2.84. The molecule has 0 N–H and O–H groups in total. The first kappa shape index (κ1) is 24.5. The van der Waals surface area contributed by atoms with Gasteiger partial charge in [-0.3, -0.25) is 4.79 Å². The van der Waals surface area contributed by atoms with E-state index < -0.39 is 17.8 Å². The molecule has 0 atom stereocenters. The van der Waals surface area contributed by atoms with E-state index in [2.05, 4.69) is 6.58 Å². The van der Waals surface area contributed by atoms with E-state index in [0.29, 0.717) is 40.4 Å². The Labute approximate surface area is 197 Å². The molecule has 0 saturated heterocycles. The molecule has 0 unspecified atom stereocenters. The van der Waals surface area contributed by atoms with E-state index in [1.54, 1.807) is 56.5 Å². The van der Waals surface area contributed by atoms with Crippen molar-refractivity contribution in [3.63, 3.8) is 0 Å². The van der Waals surface area contributed by atoms with Crippen LogP contribution in [0.1, 0.15) is 18.9 Å². The maximum absolute atomic E-state index is 14.6. The summed E-state index contributed by atoms with van der Waals surface area (Å²) in [6.45, 7) is 5.09. The van der Waals surface area contributed by atoms with Crippen LogP contribution in [0, 0.1) is 5.82 Å². The van der Waals surface area contributed by atoms with Gasteiger partial charge >= 0.3 is 11.9 Å². The van der Waals surface area contributed by atoms with Gasteiger partial charge in [-0.2, -0.15) is 0 Å². The predicted molar refractivity (Wildman–Crippen MR) is 126 cm³/mol. The van der Waals surface area contributed by atoms with Crippen LogP contribution in [0.25, 0.3) is 11.1 Å². The standard InChI is InChI=1S/C27H25FO6/c1-17(2)27(30)33-21-10-7-19(8-11-21)20-9-13-23(22(28)16-20)34-26(29)14-6-18-5-12-24(31-3)25(15-18)32-4/h5,7-13,15-16H,1,6,14H2,2-4H3. The number of aryl methyl sites for hydroxylation is 1. The molecule has 6 nitrogen and oxygen atoms in total. The van der Waals surface area contributed by atoms with Gasteiger partial charge in [0, 0.05) is 12.0 Å². The van der Waals surface area contributed by atoms with Crippen LogP contribution < -0.4 is 18.9 Å². The molecular formula is C27H25FO6. The summed E-state index contributed by atoms with van der Waals surface area (Å²) in [7, 11) is 3.08. The van der Waals surface area contributed by atoms with Crippen LogP contribution in [0.2, 0.25) is 0 Å². The number of carbonyl (C=O) groups is 2. The molecule has 176 valence electrons. The summed E-state index contributed by atoms with van der Waals surface area (Å²) >= 11 is 0. The highest BCUT2D eigenvalue weighted by molar-refractivity contribution is 5.88. The molecule has 0 spiro atoms. The van der Waals surface area contributed by atoms with Crippen molar-refractivity contribution in [1.29, 1.82) is 0 Å². The third-order valence-corrected chi connectivity index (χ3v) is 4.97. The fourth-order valence-electron chi connectivity index (χ4n) is 3.13. The molecule has 0 aliphatic rings. The number of rotatable bonds is 9. The Bertz CT molecular complexity index is 1200. The summed E-state index contributed by atoms with van der Waals surface area (Å²) in [4.78, 5) is 23.8. The van der Waals surface area contributed by atoms with E-state index in [0.717, 1.165) is 5.56 Å². The molecule has 0 aliphatic carbocycles. The van der Waals surface area contributed by atoms with Crippen molar-refractivity contribution < 1.29 is 32.9 Å². The monoisotopic (exact) mass is 464 g/mol. The van der Waals surface area contributed by atoms with E-state index in [1.807, 2.05) is 6.07 Å².